The maximum atomic E-state index is 11.0. The first-order valence-corrected chi connectivity index (χ1v) is 5.70. The van der Waals surface area contributed by atoms with Crippen LogP contribution in [-0.4, -0.2) is 23.3 Å². The molecular weight excluding hydrogens is 192 g/mol. The Bertz CT molecular complexity index is 282. The quantitative estimate of drug-likeness (QED) is 0.625. The van der Waals surface area contributed by atoms with Crippen molar-refractivity contribution in [1.29, 1.82) is 0 Å². The lowest BCUT2D eigenvalue weighted by atomic mass is 9.67. The summed E-state index contributed by atoms with van der Waals surface area (Å²) in [6.45, 7) is 7.81. The molecule has 2 aliphatic heterocycles. The predicted molar refractivity (Wildman–Crippen MR) is 56.5 cm³/mol. The van der Waals surface area contributed by atoms with E-state index in [0.29, 0.717) is 5.92 Å². The van der Waals surface area contributed by atoms with Crippen molar-refractivity contribution in [1.82, 2.24) is 0 Å². The Morgan fingerprint density at radius 2 is 2.07 bits per heavy atom. The summed E-state index contributed by atoms with van der Waals surface area (Å²) < 4.78 is 11.5. The first-order chi connectivity index (χ1) is 6.82. The highest BCUT2D eigenvalue weighted by Gasteiger charge is 2.54. The molecule has 0 amide bonds. The molecule has 3 fully saturated rings. The van der Waals surface area contributed by atoms with Gasteiger partial charge in [0.1, 0.15) is 6.10 Å². The number of carbonyl (C=O) groups excluding carboxylic acids is 1. The van der Waals surface area contributed by atoms with Gasteiger partial charge in [-0.05, 0) is 33.6 Å². The summed E-state index contributed by atoms with van der Waals surface area (Å²) in [6, 6.07) is 0. The molecule has 0 N–H and O–H groups in total. The third-order valence-corrected chi connectivity index (χ3v) is 3.79. The second kappa shape index (κ2) is 3.21. The van der Waals surface area contributed by atoms with E-state index in [-0.39, 0.29) is 23.3 Å². The summed E-state index contributed by atoms with van der Waals surface area (Å²) in [6.07, 6.45) is 3.08. The molecule has 86 valence electrons. The van der Waals surface area contributed by atoms with E-state index < -0.39 is 0 Å². The van der Waals surface area contributed by atoms with Gasteiger partial charge in [0.15, 0.2) is 0 Å². The minimum Gasteiger partial charge on any atom is -0.462 e. The SMILES string of the molecule is CC(=O)O[C@@H]1C[C@@]2(C)CC[C@H]1C(C)(C)O2. The summed E-state index contributed by atoms with van der Waals surface area (Å²) in [4.78, 5) is 11.0. The Morgan fingerprint density at radius 1 is 1.40 bits per heavy atom. The number of ether oxygens (including phenoxy) is 2. The molecule has 15 heavy (non-hydrogen) atoms. The highest BCUT2D eigenvalue weighted by atomic mass is 16.6. The fraction of sp³-hybridized carbons (Fsp3) is 0.917. The van der Waals surface area contributed by atoms with Crippen molar-refractivity contribution < 1.29 is 14.3 Å². The lowest BCUT2D eigenvalue weighted by Gasteiger charge is -2.56. The Labute approximate surface area is 91.1 Å². The molecule has 3 atom stereocenters. The van der Waals surface area contributed by atoms with Crippen LogP contribution in [0.25, 0.3) is 0 Å². The average Bonchev–Trinajstić information content (AvgIpc) is 1.97. The van der Waals surface area contributed by atoms with Crippen LogP contribution in [-0.2, 0) is 14.3 Å². The minimum atomic E-state index is -0.174. The molecule has 0 aromatic carbocycles. The van der Waals surface area contributed by atoms with Gasteiger partial charge in [-0.15, -0.1) is 0 Å². The Kier molecular flexibility index (Phi) is 2.34. The zero-order valence-corrected chi connectivity index (χ0v) is 10.0. The minimum absolute atomic E-state index is 0.0463. The lowest BCUT2D eigenvalue weighted by Crippen LogP contribution is -2.60. The molecule has 0 spiro atoms. The predicted octanol–water partition coefficient (Wildman–Crippen LogP) is 2.29. The van der Waals surface area contributed by atoms with Crippen LogP contribution in [0.4, 0.5) is 0 Å². The van der Waals surface area contributed by atoms with Gasteiger partial charge in [0, 0.05) is 19.3 Å². The molecule has 3 nitrogen and oxygen atoms in total. The van der Waals surface area contributed by atoms with Gasteiger partial charge in [0.25, 0.3) is 0 Å². The standard InChI is InChI=1S/C12H20O3/c1-8(13)14-10-7-12(4)6-5-9(10)11(2,3)15-12/h9-10H,5-7H2,1-4H3/t9-,10-,12-/m1/s1. The van der Waals surface area contributed by atoms with Gasteiger partial charge >= 0.3 is 5.97 Å². The summed E-state index contributed by atoms with van der Waals surface area (Å²) in [7, 11) is 0. The molecule has 1 aliphatic carbocycles. The first kappa shape index (κ1) is 10.9. The van der Waals surface area contributed by atoms with E-state index in [1.165, 1.54) is 6.92 Å². The van der Waals surface area contributed by atoms with Crippen LogP contribution < -0.4 is 0 Å². The molecular formula is C12H20O3. The smallest absolute Gasteiger partial charge is 0.302 e. The van der Waals surface area contributed by atoms with E-state index in [4.69, 9.17) is 9.47 Å². The molecule has 2 saturated heterocycles. The third-order valence-electron chi connectivity index (χ3n) is 3.79. The van der Waals surface area contributed by atoms with Crippen molar-refractivity contribution in [2.24, 2.45) is 5.92 Å². The van der Waals surface area contributed by atoms with E-state index in [1.54, 1.807) is 0 Å². The highest BCUT2D eigenvalue weighted by Crippen LogP contribution is 2.50. The van der Waals surface area contributed by atoms with Crippen molar-refractivity contribution in [3.8, 4) is 0 Å². The molecule has 0 aromatic rings. The zero-order valence-electron chi connectivity index (χ0n) is 10.0. The normalized spacial score (nSPS) is 42.7. The van der Waals surface area contributed by atoms with E-state index in [9.17, 15) is 4.79 Å². The second-order valence-electron chi connectivity index (χ2n) is 5.65. The van der Waals surface area contributed by atoms with E-state index >= 15 is 0 Å². The maximum absolute atomic E-state index is 11.0. The number of carbonyl (C=O) groups is 1. The number of esters is 1. The molecule has 0 aromatic heterocycles. The van der Waals surface area contributed by atoms with Crippen LogP contribution in [0.15, 0.2) is 0 Å². The maximum Gasteiger partial charge on any atom is 0.302 e. The van der Waals surface area contributed by atoms with Crippen LogP contribution in [0.3, 0.4) is 0 Å². The topological polar surface area (TPSA) is 35.5 Å². The van der Waals surface area contributed by atoms with Gasteiger partial charge < -0.3 is 9.47 Å². The van der Waals surface area contributed by atoms with Crippen LogP contribution in [0.2, 0.25) is 0 Å². The fourth-order valence-electron chi connectivity index (χ4n) is 3.25. The molecule has 3 aliphatic rings. The van der Waals surface area contributed by atoms with E-state index in [0.717, 1.165) is 19.3 Å². The molecule has 3 heteroatoms. The van der Waals surface area contributed by atoms with Crippen molar-refractivity contribution in [2.75, 3.05) is 0 Å². The van der Waals surface area contributed by atoms with Gasteiger partial charge in [-0.3, -0.25) is 4.79 Å². The summed E-state index contributed by atoms with van der Waals surface area (Å²) in [5, 5.41) is 0. The second-order valence-corrected chi connectivity index (χ2v) is 5.65. The zero-order chi connectivity index (χ0) is 11.3. The summed E-state index contributed by atoms with van der Waals surface area (Å²) >= 11 is 0. The van der Waals surface area contributed by atoms with Crippen molar-refractivity contribution in [2.45, 2.75) is 64.3 Å². The number of hydrogen-bond donors (Lipinski definition) is 0. The highest BCUT2D eigenvalue weighted by molar-refractivity contribution is 5.66. The molecule has 1 saturated carbocycles. The van der Waals surface area contributed by atoms with E-state index in [1.807, 2.05) is 0 Å². The lowest BCUT2D eigenvalue weighted by molar-refractivity contribution is -0.267. The first-order valence-electron chi connectivity index (χ1n) is 5.70. The van der Waals surface area contributed by atoms with Gasteiger partial charge in [0.05, 0.1) is 11.2 Å². The van der Waals surface area contributed by atoms with Crippen molar-refractivity contribution in [3.05, 3.63) is 0 Å². The van der Waals surface area contributed by atoms with E-state index in [2.05, 4.69) is 20.8 Å². The summed E-state index contributed by atoms with van der Waals surface area (Å²) in [5.41, 5.74) is -0.260. The van der Waals surface area contributed by atoms with Gasteiger partial charge in [-0.25, -0.2) is 0 Å². The fourth-order valence-corrected chi connectivity index (χ4v) is 3.25. The van der Waals surface area contributed by atoms with Crippen LogP contribution in [0.1, 0.15) is 47.0 Å². The summed E-state index contributed by atoms with van der Waals surface area (Å²) in [5.74, 6) is 0.176. The Balaban J connectivity index is 2.19. The van der Waals surface area contributed by atoms with Crippen molar-refractivity contribution in [3.63, 3.8) is 0 Å². The number of rotatable bonds is 1. The van der Waals surface area contributed by atoms with Gasteiger partial charge in [0.2, 0.25) is 0 Å². The van der Waals surface area contributed by atoms with Crippen LogP contribution in [0.5, 0.6) is 0 Å². The molecule has 2 heterocycles. The molecule has 0 unspecified atom stereocenters. The van der Waals surface area contributed by atoms with Crippen LogP contribution >= 0.6 is 0 Å². The van der Waals surface area contributed by atoms with Crippen LogP contribution in [0, 0.1) is 5.92 Å². The number of fused-ring (bicyclic) bond motifs is 3. The monoisotopic (exact) mass is 212 g/mol. The number of hydrogen-bond acceptors (Lipinski definition) is 3. The molecule has 0 radical (unpaired) electrons. The van der Waals surface area contributed by atoms with Gasteiger partial charge in [-0.2, -0.15) is 0 Å². The van der Waals surface area contributed by atoms with Crippen molar-refractivity contribution >= 4 is 5.97 Å². The molecule has 2 bridgehead atoms. The average molecular weight is 212 g/mol. The molecule has 3 rings (SSSR count). The Hall–Kier alpha value is -0.570. The Morgan fingerprint density at radius 3 is 2.53 bits per heavy atom. The third kappa shape index (κ3) is 1.89. The largest absolute Gasteiger partial charge is 0.462 e. The van der Waals surface area contributed by atoms with Gasteiger partial charge in [-0.1, -0.05) is 0 Å².